The first kappa shape index (κ1) is 18.4. The molecular weight excluding hydrogens is 369 g/mol. The molecule has 2 heterocycles. The van der Waals surface area contributed by atoms with Crippen LogP contribution in [0.15, 0.2) is 34.7 Å². The highest BCUT2D eigenvalue weighted by Gasteiger charge is 2.34. The van der Waals surface area contributed by atoms with Crippen molar-refractivity contribution in [2.24, 2.45) is 0 Å². The molecule has 1 atom stereocenters. The summed E-state index contributed by atoms with van der Waals surface area (Å²) in [5.74, 6) is 0.489. The van der Waals surface area contributed by atoms with Crippen molar-refractivity contribution in [3.8, 4) is 0 Å². The Morgan fingerprint density at radius 2 is 2.00 bits per heavy atom. The van der Waals surface area contributed by atoms with Crippen molar-refractivity contribution in [3.05, 3.63) is 64.1 Å². The molecule has 1 aromatic carbocycles. The Hall–Kier alpha value is -2.35. The highest BCUT2D eigenvalue weighted by Crippen LogP contribution is 2.29. The molecule has 0 unspecified atom stereocenters. The maximum absolute atomic E-state index is 12.8. The Balaban J connectivity index is 1.70. The third kappa shape index (κ3) is 4.24. The van der Waals surface area contributed by atoms with Gasteiger partial charge in [-0.15, -0.1) is 10.2 Å². The van der Waals surface area contributed by atoms with Crippen LogP contribution in [-0.4, -0.2) is 20.0 Å². The van der Waals surface area contributed by atoms with Crippen LogP contribution in [-0.2, 0) is 19.1 Å². The second kappa shape index (κ2) is 7.11. The van der Waals surface area contributed by atoms with Crippen LogP contribution in [0.4, 0.5) is 13.2 Å². The number of alkyl halides is 3. The Morgan fingerprint density at radius 1 is 1.23 bits per heavy atom. The summed E-state index contributed by atoms with van der Waals surface area (Å²) in [6.45, 7) is 3.58. The summed E-state index contributed by atoms with van der Waals surface area (Å²) in [6.07, 6.45) is -4.03. The van der Waals surface area contributed by atoms with Gasteiger partial charge in [0.1, 0.15) is 0 Å². The average molecular weight is 385 g/mol. The van der Waals surface area contributed by atoms with E-state index < -0.39 is 11.9 Å². The molecule has 0 saturated carbocycles. The molecule has 2 aromatic heterocycles. The quantitative estimate of drug-likeness (QED) is 0.643. The number of nitrogens with zero attached hydrogens (tertiary/aromatic N) is 4. The minimum atomic E-state index is -4.46. The molecule has 138 valence electrons. The van der Waals surface area contributed by atoms with Gasteiger partial charge in [0.25, 0.3) is 0 Å². The number of aryl methyl sites for hydroxylation is 1. The van der Waals surface area contributed by atoms with Crippen molar-refractivity contribution >= 4 is 11.6 Å². The molecule has 3 aromatic rings. The van der Waals surface area contributed by atoms with Gasteiger partial charge in [-0.3, -0.25) is 4.68 Å². The van der Waals surface area contributed by atoms with Gasteiger partial charge in [0, 0.05) is 10.7 Å². The molecule has 5 nitrogen and oxygen atoms in total. The molecule has 0 spiro atoms. The molecule has 9 heteroatoms. The van der Waals surface area contributed by atoms with E-state index in [4.69, 9.17) is 16.0 Å². The fraction of sp³-hybridized carbons (Fsp3) is 0.353. The lowest BCUT2D eigenvalue weighted by molar-refractivity contribution is -0.141. The number of rotatable bonds is 5. The number of aromatic nitrogens is 4. The van der Waals surface area contributed by atoms with Gasteiger partial charge in [-0.25, -0.2) is 0 Å². The van der Waals surface area contributed by atoms with Crippen LogP contribution in [0.3, 0.4) is 0 Å². The lowest BCUT2D eigenvalue weighted by atomic mass is 10.1. The van der Waals surface area contributed by atoms with Crippen molar-refractivity contribution in [2.45, 2.75) is 38.9 Å². The Bertz CT molecular complexity index is 904. The predicted octanol–water partition coefficient (Wildman–Crippen LogP) is 4.64. The van der Waals surface area contributed by atoms with Crippen molar-refractivity contribution < 1.29 is 17.6 Å². The summed E-state index contributed by atoms with van der Waals surface area (Å²) in [7, 11) is 0. The van der Waals surface area contributed by atoms with Crippen LogP contribution in [0, 0.1) is 6.92 Å². The van der Waals surface area contributed by atoms with Gasteiger partial charge >= 0.3 is 6.18 Å². The minimum absolute atomic E-state index is 0.209. The van der Waals surface area contributed by atoms with Gasteiger partial charge in [0.05, 0.1) is 18.9 Å². The second-order valence-corrected chi connectivity index (χ2v) is 6.53. The van der Waals surface area contributed by atoms with Crippen LogP contribution >= 0.6 is 11.6 Å². The van der Waals surface area contributed by atoms with Crippen molar-refractivity contribution in [3.63, 3.8) is 0 Å². The van der Waals surface area contributed by atoms with Crippen LogP contribution < -0.4 is 0 Å². The zero-order valence-corrected chi connectivity index (χ0v) is 14.8. The molecule has 0 fully saturated rings. The summed E-state index contributed by atoms with van der Waals surface area (Å²) in [5.41, 5.74) is 0.440. The van der Waals surface area contributed by atoms with Crippen LogP contribution in [0.5, 0.6) is 0 Å². The van der Waals surface area contributed by atoms with E-state index >= 15 is 0 Å². The van der Waals surface area contributed by atoms with Crippen LogP contribution in [0.25, 0.3) is 0 Å². The van der Waals surface area contributed by atoms with Crippen LogP contribution in [0.2, 0.25) is 5.02 Å². The SMILES string of the molecule is Cc1cc(C(F)(F)F)nn1C[C@@H](C)c1nnc(Cc2cccc(Cl)c2)o1. The highest BCUT2D eigenvalue weighted by molar-refractivity contribution is 6.30. The summed E-state index contributed by atoms with van der Waals surface area (Å²) >= 11 is 5.95. The van der Waals surface area contributed by atoms with E-state index in [1.54, 1.807) is 26.0 Å². The summed E-state index contributed by atoms with van der Waals surface area (Å²) in [5, 5.41) is 12.2. The van der Waals surface area contributed by atoms with Gasteiger partial charge < -0.3 is 4.42 Å². The fourth-order valence-electron chi connectivity index (χ4n) is 2.53. The number of benzene rings is 1. The van der Waals surface area contributed by atoms with Gasteiger partial charge in [-0.2, -0.15) is 18.3 Å². The van der Waals surface area contributed by atoms with Gasteiger partial charge in [0.15, 0.2) is 5.69 Å². The first-order chi connectivity index (χ1) is 12.2. The zero-order valence-electron chi connectivity index (χ0n) is 14.1. The minimum Gasteiger partial charge on any atom is -0.425 e. The van der Waals surface area contributed by atoms with E-state index in [2.05, 4.69) is 15.3 Å². The summed E-state index contributed by atoms with van der Waals surface area (Å²) < 4.78 is 45.2. The Labute approximate surface area is 152 Å². The van der Waals surface area contributed by atoms with E-state index in [-0.39, 0.29) is 12.5 Å². The summed E-state index contributed by atoms with van der Waals surface area (Å²) in [6, 6.07) is 8.32. The normalized spacial score (nSPS) is 13.2. The van der Waals surface area contributed by atoms with Crippen LogP contribution in [0.1, 0.15) is 41.6 Å². The number of hydrogen-bond acceptors (Lipinski definition) is 4. The third-order valence-electron chi connectivity index (χ3n) is 3.87. The molecule has 0 aliphatic rings. The smallest absolute Gasteiger partial charge is 0.425 e. The molecule has 0 N–H and O–H groups in total. The largest absolute Gasteiger partial charge is 0.435 e. The van der Waals surface area contributed by atoms with E-state index in [0.717, 1.165) is 11.6 Å². The molecule has 26 heavy (non-hydrogen) atoms. The van der Waals surface area contributed by atoms with Gasteiger partial charge in [-0.05, 0) is 30.7 Å². The van der Waals surface area contributed by atoms with Crippen molar-refractivity contribution in [1.82, 2.24) is 20.0 Å². The number of hydrogen-bond donors (Lipinski definition) is 0. The predicted molar refractivity (Wildman–Crippen MR) is 88.9 cm³/mol. The molecule has 0 radical (unpaired) electrons. The monoisotopic (exact) mass is 384 g/mol. The average Bonchev–Trinajstić information content (AvgIpc) is 3.14. The van der Waals surface area contributed by atoms with Gasteiger partial charge in [-0.1, -0.05) is 30.7 Å². The second-order valence-electron chi connectivity index (χ2n) is 6.09. The van der Waals surface area contributed by atoms with Crippen molar-refractivity contribution in [1.29, 1.82) is 0 Å². The van der Waals surface area contributed by atoms with E-state index in [1.807, 2.05) is 12.1 Å². The third-order valence-corrected chi connectivity index (χ3v) is 4.10. The Kier molecular flexibility index (Phi) is 5.04. The van der Waals surface area contributed by atoms with E-state index in [9.17, 15) is 13.2 Å². The Morgan fingerprint density at radius 3 is 2.65 bits per heavy atom. The van der Waals surface area contributed by atoms with Crippen molar-refractivity contribution in [2.75, 3.05) is 0 Å². The molecule has 0 amide bonds. The fourth-order valence-corrected chi connectivity index (χ4v) is 2.74. The lowest BCUT2D eigenvalue weighted by Crippen LogP contribution is -2.12. The maximum Gasteiger partial charge on any atom is 0.435 e. The first-order valence-electron chi connectivity index (χ1n) is 7.90. The number of halogens is 4. The first-order valence-corrected chi connectivity index (χ1v) is 8.28. The molecule has 0 bridgehead atoms. The summed E-state index contributed by atoms with van der Waals surface area (Å²) in [4.78, 5) is 0. The standard InChI is InChI=1S/C17H16ClF3N4O/c1-10(9-25-11(2)6-14(24-25)17(19,20)21)16-23-22-15(26-16)8-12-4-3-5-13(18)7-12/h3-7,10H,8-9H2,1-2H3/t10-/m1/s1. The van der Waals surface area contributed by atoms with E-state index in [0.29, 0.717) is 28.9 Å². The molecule has 0 aliphatic carbocycles. The highest BCUT2D eigenvalue weighted by atomic mass is 35.5. The zero-order chi connectivity index (χ0) is 18.9. The van der Waals surface area contributed by atoms with E-state index in [1.165, 1.54) is 4.68 Å². The van der Waals surface area contributed by atoms with Gasteiger partial charge in [0.2, 0.25) is 11.8 Å². The maximum atomic E-state index is 12.8. The molecular formula is C17H16ClF3N4O. The molecule has 0 saturated heterocycles. The lowest BCUT2D eigenvalue weighted by Gasteiger charge is -2.09. The topological polar surface area (TPSA) is 56.7 Å². The molecule has 0 aliphatic heterocycles. The molecule has 3 rings (SSSR count).